The van der Waals surface area contributed by atoms with Crippen LogP contribution in [0, 0.1) is 0 Å². The molecule has 4 aromatic carbocycles. The van der Waals surface area contributed by atoms with Crippen LogP contribution < -0.4 is 24.4 Å². The first-order valence-corrected chi connectivity index (χ1v) is 20.0. The van der Waals surface area contributed by atoms with Gasteiger partial charge in [-0.15, -0.1) is 11.8 Å². The minimum Gasteiger partial charge on any atom is -0.506 e. The average Bonchev–Trinajstić information content (AvgIpc) is 3.19. The van der Waals surface area contributed by atoms with Crippen LogP contribution in [0.2, 0.25) is 0 Å². The molecule has 5 aromatic rings. The molecule has 6 rings (SSSR count). The highest BCUT2D eigenvalue weighted by Crippen LogP contribution is 2.38. The van der Waals surface area contributed by atoms with Crippen molar-refractivity contribution in [3.63, 3.8) is 0 Å². The second kappa shape index (κ2) is 17.6. The number of hydrogen-bond acceptors (Lipinski definition) is 11. The lowest BCUT2D eigenvalue weighted by Crippen LogP contribution is -2.46. The molecule has 11 nitrogen and oxygen atoms in total. The maximum atomic E-state index is 14.0. The van der Waals surface area contributed by atoms with E-state index in [-0.39, 0.29) is 23.5 Å². The summed E-state index contributed by atoms with van der Waals surface area (Å²) in [6.07, 6.45) is -1.83. The molecule has 1 amide bonds. The van der Waals surface area contributed by atoms with Crippen LogP contribution in [0.3, 0.4) is 0 Å². The molecule has 0 spiro atoms. The van der Waals surface area contributed by atoms with E-state index in [0.29, 0.717) is 56.0 Å². The smallest absolute Gasteiger partial charge is 0.418 e. The van der Waals surface area contributed by atoms with Crippen molar-refractivity contribution in [1.82, 2.24) is 14.6 Å². The van der Waals surface area contributed by atoms with Crippen molar-refractivity contribution in [3.8, 4) is 28.4 Å². The van der Waals surface area contributed by atoms with Crippen LogP contribution in [-0.2, 0) is 22.7 Å². The van der Waals surface area contributed by atoms with Gasteiger partial charge in [0.25, 0.3) is 15.9 Å². The van der Waals surface area contributed by atoms with Gasteiger partial charge >= 0.3 is 6.18 Å². The number of nitrogens with zero attached hydrogens (tertiary/aromatic N) is 3. The summed E-state index contributed by atoms with van der Waals surface area (Å²) in [6, 6.07) is 23.8. The maximum absolute atomic E-state index is 14.0. The summed E-state index contributed by atoms with van der Waals surface area (Å²) in [5.41, 5.74) is 1.82. The van der Waals surface area contributed by atoms with E-state index < -0.39 is 32.6 Å². The number of carbonyl (C=O) groups excluding carboxylic acids is 1. The molecule has 56 heavy (non-hydrogen) atoms. The molecule has 0 radical (unpaired) electrons. The van der Waals surface area contributed by atoms with Crippen molar-refractivity contribution in [3.05, 3.63) is 120 Å². The Kier molecular flexibility index (Phi) is 12.6. The number of nitrogens with one attached hydrogen (secondary N) is 2. The molecule has 294 valence electrons. The second-order valence-electron chi connectivity index (χ2n) is 12.8. The fraction of sp³-hybridized carbons (Fsp3) is 0.250. The lowest BCUT2D eigenvalue weighted by molar-refractivity contribution is -0.137. The molecule has 2 heterocycles. The zero-order valence-electron chi connectivity index (χ0n) is 30.5. The normalized spacial score (nSPS) is 13.6. The van der Waals surface area contributed by atoms with Crippen LogP contribution in [0.15, 0.2) is 113 Å². The number of thioether (sulfide) groups is 1. The number of amides is 1. The van der Waals surface area contributed by atoms with Crippen LogP contribution in [0.25, 0.3) is 11.1 Å². The van der Waals surface area contributed by atoms with Crippen molar-refractivity contribution in [2.24, 2.45) is 0 Å². The molecule has 16 heteroatoms. The summed E-state index contributed by atoms with van der Waals surface area (Å²) in [5.74, 6) is 0.842. The van der Waals surface area contributed by atoms with E-state index in [4.69, 9.17) is 9.47 Å². The van der Waals surface area contributed by atoms with Crippen molar-refractivity contribution in [2.45, 2.75) is 22.5 Å². The minimum atomic E-state index is -4.84. The number of halogens is 3. The largest absolute Gasteiger partial charge is 0.506 e. The summed E-state index contributed by atoms with van der Waals surface area (Å²) in [6.45, 7) is 3.49. The van der Waals surface area contributed by atoms with E-state index in [1.165, 1.54) is 30.1 Å². The summed E-state index contributed by atoms with van der Waals surface area (Å²) in [4.78, 5) is 21.8. The lowest BCUT2D eigenvalue weighted by atomic mass is 10.0. The summed E-state index contributed by atoms with van der Waals surface area (Å²) < 4.78 is 81.6. The standard InChI is InChI=1S/C40H40F3N5O6S2/c1-53-37-21-28(29-20-31(49)25-44-24-29)22-38(54-2)34(37)26-47-15-17-48(18-16-47)30-10-8-27(9-11-30)39(50)46-56(51,52)33-12-13-36(35(23-33)40(41,42)43)45-14-19-55-32-6-4-3-5-7-32/h3-13,20-25,45,49H,14-19,26H2,1-2H3,(H,46,50). The molecular weight excluding hydrogens is 768 g/mol. The topological polar surface area (TPSA) is 133 Å². The van der Waals surface area contributed by atoms with Crippen molar-refractivity contribution in [2.75, 3.05) is 62.9 Å². The number of piperazine rings is 1. The van der Waals surface area contributed by atoms with Crippen LogP contribution in [0.5, 0.6) is 17.2 Å². The molecule has 0 unspecified atom stereocenters. The molecule has 0 atom stereocenters. The van der Waals surface area contributed by atoms with E-state index in [9.17, 15) is 31.5 Å². The molecule has 3 N–H and O–H groups in total. The number of anilines is 2. The highest BCUT2D eigenvalue weighted by molar-refractivity contribution is 7.99. The van der Waals surface area contributed by atoms with Crippen LogP contribution >= 0.6 is 11.8 Å². The van der Waals surface area contributed by atoms with Gasteiger partial charge in [0.2, 0.25) is 0 Å². The fourth-order valence-electron chi connectivity index (χ4n) is 6.29. The Morgan fingerprint density at radius 3 is 2.18 bits per heavy atom. The van der Waals surface area contributed by atoms with Crippen molar-refractivity contribution < 1.29 is 41.0 Å². The third-order valence-corrected chi connectivity index (χ3v) is 11.5. The van der Waals surface area contributed by atoms with Crippen LogP contribution in [-0.4, -0.2) is 82.0 Å². The maximum Gasteiger partial charge on any atom is 0.418 e. The third kappa shape index (κ3) is 9.85. The number of aromatic hydroxyl groups is 1. The summed E-state index contributed by atoms with van der Waals surface area (Å²) in [5, 5.41) is 12.6. The van der Waals surface area contributed by atoms with Gasteiger partial charge in [-0.2, -0.15) is 13.2 Å². The Morgan fingerprint density at radius 2 is 1.55 bits per heavy atom. The number of rotatable bonds is 14. The average molecular weight is 808 g/mol. The van der Waals surface area contributed by atoms with E-state index >= 15 is 0 Å². The predicted octanol–water partition coefficient (Wildman–Crippen LogP) is 7.14. The number of sulfonamides is 1. The first-order valence-electron chi connectivity index (χ1n) is 17.5. The van der Waals surface area contributed by atoms with Gasteiger partial charge in [0.15, 0.2) is 0 Å². The molecule has 0 aliphatic carbocycles. The molecule has 1 fully saturated rings. The number of carbonyl (C=O) groups is 1. The van der Waals surface area contributed by atoms with Crippen LogP contribution in [0.1, 0.15) is 21.5 Å². The lowest BCUT2D eigenvalue weighted by Gasteiger charge is -2.36. The predicted molar refractivity (Wildman–Crippen MR) is 210 cm³/mol. The van der Waals surface area contributed by atoms with E-state index in [1.807, 2.05) is 47.2 Å². The highest BCUT2D eigenvalue weighted by atomic mass is 32.2. The molecule has 1 aliphatic heterocycles. The quantitative estimate of drug-likeness (QED) is 0.0782. The second-order valence-corrected chi connectivity index (χ2v) is 15.7. The number of hydrogen-bond donors (Lipinski definition) is 3. The zero-order chi connectivity index (χ0) is 39.9. The van der Waals surface area contributed by atoms with Gasteiger partial charge in [0.1, 0.15) is 17.2 Å². The van der Waals surface area contributed by atoms with Crippen molar-refractivity contribution >= 4 is 39.1 Å². The van der Waals surface area contributed by atoms with E-state index in [0.717, 1.165) is 39.4 Å². The SMILES string of the molecule is COc1cc(-c2cncc(O)c2)cc(OC)c1CN1CCN(c2ccc(C(=O)NS(=O)(=O)c3ccc(NCCSc4ccccc4)c(C(F)(F)F)c3)cc2)CC1. The molecule has 0 bridgehead atoms. The molecule has 0 saturated carbocycles. The molecular formula is C40H40F3N5O6S2. The van der Waals surface area contributed by atoms with Gasteiger partial charge < -0.3 is 24.8 Å². The molecule has 1 saturated heterocycles. The Morgan fingerprint density at radius 1 is 0.875 bits per heavy atom. The fourth-order valence-corrected chi connectivity index (χ4v) is 8.08. The Labute approximate surface area is 327 Å². The number of ether oxygens (including phenoxy) is 2. The van der Waals surface area contributed by atoms with Gasteiger partial charge in [0, 0.05) is 78.6 Å². The summed E-state index contributed by atoms with van der Waals surface area (Å²) in [7, 11) is -1.46. The number of pyridine rings is 1. The number of benzene rings is 4. The first kappa shape index (κ1) is 40.2. The number of alkyl halides is 3. The third-order valence-electron chi connectivity index (χ3n) is 9.18. The summed E-state index contributed by atoms with van der Waals surface area (Å²) >= 11 is 1.47. The Balaban J connectivity index is 1.05. The van der Waals surface area contributed by atoms with Gasteiger partial charge in [-0.1, -0.05) is 18.2 Å². The molecule has 1 aromatic heterocycles. The first-order chi connectivity index (χ1) is 26.8. The zero-order valence-corrected chi connectivity index (χ0v) is 32.2. The van der Waals surface area contributed by atoms with Gasteiger partial charge in [-0.3, -0.25) is 14.7 Å². The monoisotopic (exact) mass is 807 g/mol. The highest BCUT2D eigenvalue weighted by Gasteiger charge is 2.35. The van der Waals surface area contributed by atoms with Gasteiger partial charge in [0.05, 0.1) is 36.4 Å². The number of methoxy groups -OCH3 is 2. The Hall–Kier alpha value is -5.45. The van der Waals surface area contributed by atoms with Gasteiger partial charge in [-0.25, -0.2) is 13.1 Å². The van der Waals surface area contributed by atoms with Gasteiger partial charge in [-0.05, 0) is 78.4 Å². The van der Waals surface area contributed by atoms with Crippen LogP contribution in [0.4, 0.5) is 24.5 Å². The minimum absolute atomic E-state index is 0.0327. The Bertz CT molecular complexity index is 2230. The van der Waals surface area contributed by atoms with Crippen molar-refractivity contribution in [1.29, 1.82) is 0 Å². The number of aromatic nitrogens is 1. The van der Waals surface area contributed by atoms with E-state index in [1.54, 1.807) is 38.6 Å². The molecule has 1 aliphatic rings. The van der Waals surface area contributed by atoms with E-state index in [2.05, 4.69) is 20.1 Å².